The third-order valence-corrected chi connectivity index (χ3v) is 3.27. The van der Waals surface area contributed by atoms with Crippen LogP contribution in [0.2, 0.25) is 5.02 Å². The van der Waals surface area contributed by atoms with Crippen LogP contribution >= 0.6 is 11.6 Å². The van der Waals surface area contributed by atoms with Crippen LogP contribution in [0.5, 0.6) is 5.75 Å². The summed E-state index contributed by atoms with van der Waals surface area (Å²) >= 11 is 5.96. The predicted octanol–water partition coefficient (Wildman–Crippen LogP) is 3.49. The molecular weight excluding hydrogens is 276 g/mol. The highest BCUT2D eigenvalue weighted by Gasteiger charge is 2.09. The summed E-state index contributed by atoms with van der Waals surface area (Å²) in [5, 5.41) is 3.23. The summed E-state index contributed by atoms with van der Waals surface area (Å²) in [6, 6.07) is 10.2. The van der Waals surface area contributed by atoms with Gasteiger partial charge in [0.1, 0.15) is 5.75 Å². The fourth-order valence-electron chi connectivity index (χ4n) is 1.78. The number of nitrogens with one attached hydrogen (secondary N) is 1. The summed E-state index contributed by atoms with van der Waals surface area (Å²) in [7, 11) is 1.58. The SMILES string of the molecule is COc1ccc(C(=O)Nc2cc(Cl)c(N)cc2C)cc1. The number of hydrogen-bond donors (Lipinski definition) is 2. The number of anilines is 2. The second-order valence-electron chi connectivity index (χ2n) is 4.37. The summed E-state index contributed by atoms with van der Waals surface area (Å²) < 4.78 is 5.05. The van der Waals surface area contributed by atoms with Gasteiger partial charge in [-0.1, -0.05) is 11.6 Å². The summed E-state index contributed by atoms with van der Waals surface area (Å²) in [4.78, 5) is 12.1. The molecule has 0 fully saturated rings. The molecular formula is C15H15ClN2O2. The van der Waals surface area contributed by atoms with Crippen LogP contribution in [0.15, 0.2) is 36.4 Å². The highest BCUT2D eigenvalue weighted by molar-refractivity contribution is 6.33. The van der Waals surface area contributed by atoms with Crippen LogP contribution in [0.25, 0.3) is 0 Å². The molecule has 0 saturated heterocycles. The largest absolute Gasteiger partial charge is 0.497 e. The van der Waals surface area contributed by atoms with Gasteiger partial charge in [-0.25, -0.2) is 0 Å². The van der Waals surface area contributed by atoms with Crippen LogP contribution in [0.3, 0.4) is 0 Å². The highest BCUT2D eigenvalue weighted by Crippen LogP contribution is 2.27. The smallest absolute Gasteiger partial charge is 0.255 e. The number of nitrogen functional groups attached to an aromatic ring is 1. The van der Waals surface area contributed by atoms with Gasteiger partial charge in [-0.15, -0.1) is 0 Å². The molecule has 20 heavy (non-hydrogen) atoms. The lowest BCUT2D eigenvalue weighted by Gasteiger charge is -2.10. The fraction of sp³-hybridized carbons (Fsp3) is 0.133. The van der Waals surface area contributed by atoms with Crippen molar-refractivity contribution in [1.82, 2.24) is 0 Å². The van der Waals surface area contributed by atoms with E-state index in [4.69, 9.17) is 22.1 Å². The number of nitrogens with two attached hydrogens (primary N) is 1. The van der Waals surface area contributed by atoms with Gasteiger partial charge in [-0.2, -0.15) is 0 Å². The summed E-state index contributed by atoms with van der Waals surface area (Å²) in [5.41, 5.74) is 8.24. The molecule has 0 aliphatic rings. The molecule has 0 radical (unpaired) electrons. The van der Waals surface area contributed by atoms with Gasteiger partial charge in [-0.05, 0) is 48.9 Å². The second kappa shape index (κ2) is 5.84. The predicted molar refractivity (Wildman–Crippen MR) is 81.5 cm³/mol. The zero-order valence-corrected chi connectivity index (χ0v) is 12.0. The Kier molecular flexibility index (Phi) is 4.15. The molecule has 5 heteroatoms. The van der Waals surface area contributed by atoms with Gasteiger partial charge in [0.15, 0.2) is 0 Å². The first-order valence-corrected chi connectivity index (χ1v) is 6.40. The van der Waals surface area contributed by atoms with E-state index in [-0.39, 0.29) is 5.91 Å². The second-order valence-corrected chi connectivity index (χ2v) is 4.78. The van der Waals surface area contributed by atoms with Crippen molar-refractivity contribution < 1.29 is 9.53 Å². The van der Waals surface area contributed by atoms with Gasteiger partial charge in [0.2, 0.25) is 0 Å². The molecule has 0 bridgehead atoms. The standard InChI is InChI=1S/C15H15ClN2O2/c1-9-7-13(17)12(16)8-14(9)18-15(19)10-3-5-11(20-2)6-4-10/h3-8H,17H2,1-2H3,(H,18,19). The third kappa shape index (κ3) is 3.03. The van der Waals surface area contributed by atoms with Crippen molar-refractivity contribution in [3.8, 4) is 5.75 Å². The number of carbonyl (C=O) groups excluding carboxylic acids is 1. The molecule has 2 aromatic carbocycles. The Labute approximate surface area is 122 Å². The van der Waals surface area contributed by atoms with Crippen LogP contribution in [0.1, 0.15) is 15.9 Å². The molecule has 3 N–H and O–H groups in total. The molecule has 0 atom stereocenters. The van der Waals surface area contributed by atoms with Crippen molar-refractivity contribution in [3.63, 3.8) is 0 Å². The van der Waals surface area contributed by atoms with E-state index in [9.17, 15) is 4.79 Å². The van der Waals surface area contributed by atoms with Gasteiger partial charge < -0.3 is 15.8 Å². The average Bonchev–Trinajstić information content (AvgIpc) is 2.44. The molecule has 104 valence electrons. The van der Waals surface area contributed by atoms with Gasteiger partial charge in [0.25, 0.3) is 5.91 Å². The molecule has 0 saturated carbocycles. The highest BCUT2D eigenvalue weighted by atomic mass is 35.5. The quantitative estimate of drug-likeness (QED) is 0.851. The molecule has 0 spiro atoms. The van der Waals surface area contributed by atoms with E-state index in [2.05, 4.69) is 5.32 Å². The van der Waals surface area contributed by atoms with Crippen LogP contribution in [-0.4, -0.2) is 13.0 Å². The van der Waals surface area contributed by atoms with Crippen LogP contribution in [0, 0.1) is 6.92 Å². The van der Waals surface area contributed by atoms with E-state index in [1.165, 1.54) is 0 Å². The molecule has 0 unspecified atom stereocenters. The Balaban J connectivity index is 2.20. The lowest BCUT2D eigenvalue weighted by atomic mass is 10.1. The van der Waals surface area contributed by atoms with Crippen molar-refractivity contribution in [1.29, 1.82) is 0 Å². The first-order valence-electron chi connectivity index (χ1n) is 6.02. The first kappa shape index (κ1) is 14.2. The molecule has 2 rings (SSSR count). The van der Waals surface area contributed by atoms with Crippen LogP contribution < -0.4 is 15.8 Å². The van der Waals surface area contributed by atoms with Gasteiger partial charge in [0.05, 0.1) is 17.8 Å². The molecule has 2 aromatic rings. The maximum atomic E-state index is 12.1. The van der Waals surface area contributed by atoms with Crippen LogP contribution in [-0.2, 0) is 0 Å². The number of methoxy groups -OCH3 is 1. The van der Waals surface area contributed by atoms with Crippen molar-refractivity contribution in [2.24, 2.45) is 0 Å². The van der Waals surface area contributed by atoms with E-state index in [0.717, 1.165) is 5.56 Å². The number of halogens is 1. The maximum Gasteiger partial charge on any atom is 0.255 e. The number of amides is 1. The molecule has 4 nitrogen and oxygen atoms in total. The zero-order chi connectivity index (χ0) is 14.7. The number of benzene rings is 2. The number of hydrogen-bond acceptors (Lipinski definition) is 3. The van der Waals surface area contributed by atoms with E-state index < -0.39 is 0 Å². The number of ether oxygens (including phenoxy) is 1. The normalized spacial score (nSPS) is 10.2. The van der Waals surface area contributed by atoms with E-state index in [1.807, 2.05) is 6.92 Å². The fourth-order valence-corrected chi connectivity index (χ4v) is 1.94. The Morgan fingerprint density at radius 3 is 2.50 bits per heavy atom. The van der Waals surface area contributed by atoms with Crippen molar-refractivity contribution in [3.05, 3.63) is 52.5 Å². The van der Waals surface area contributed by atoms with E-state index >= 15 is 0 Å². The van der Waals surface area contributed by atoms with Crippen molar-refractivity contribution >= 4 is 28.9 Å². The number of aryl methyl sites for hydroxylation is 1. The third-order valence-electron chi connectivity index (χ3n) is 2.94. The monoisotopic (exact) mass is 290 g/mol. The van der Waals surface area contributed by atoms with E-state index in [1.54, 1.807) is 43.5 Å². The van der Waals surface area contributed by atoms with E-state index in [0.29, 0.717) is 27.7 Å². The Hall–Kier alpha value is -2.20. The maximum absolute atomic E-state index is 12.1. The van der Waals surface area contributed by atoms with Crippen molar-refractivity contribution in [2.75, 3.05) is 18.2 Å². The summed E-state index contributed by atoms with van der Waals surface area (Å²) in [6.45, 7) is 1.86. The lowest BCUT2D eigenvalue weighted by molar-refractivity contribution is 0.102. The molecule has 0 aliphatic carbocycles. The summed E-state index contributed by atoms with van der Waals surface area (Å²) in [5.74, 6) is 0.491. The topological polar surface area (TPSA) is 64.3 Å². The zero-order valence-electron chi connectivity index (χ0n) is 11.2. The average molecular weight is 291 g/mol. The molecule has 0 aromatic heterocycles. The molecule has 0 aliphatic heterocycles. The minimum Gasteiger partial charge on any atom is -0.497 e. The Morgan fingerprint density at radius 1 is 1.25 bits per heavy atom. The first-order chi connectivity index (χ1) is 9.51. The van der Waals surface area contributed by atoms with Gasteiger partial charge in [0, 0.05) is 11.3 Å². The minimum absolute atomic E-state index is 0.211. The Bertz CT molecular complexity index is 639. The summed E-state index contributed by atoms with van der Waals surface area (Å²) in [6.07, 6.45) is 0. The number of rotatable bonds is 3. The van der Waals surface area contributed by atoms with Crippen molar-refractivity contribution in [2.45, 2.75) is 6.92 Å². The van der Waals surface area contributed by atoms with Gasteiger partial charge in [-0.3, -0.25) is 4.79 Å². The Morgan fingerprint density at radius 2 is 1.90 bits per heavy atom. The molecule has 0 heterocycles. The van der Waals surface area contributed by atoms with Gasteiger partial charge >= 0.3 is 0 Å². The minimum atomic E-state index is -0.211. The molecule has 1 amide bonds. The van der Waals surface area contributed by atoms with Crippen LogP contribution in [0.4, 0.5) is 11.4 Å². The number of carbonyl (C=O) groups is 1. The lowest BCUT2D eigenvalue weighted by Crippen LogP contribution is -2.12.